The van der Waals surface area contributed by atoms with Crippen LogP contribution in [0, 0.1) is 6.92 Å². The van der Waals surface area contributed by atoms with Gasteiger partial charge in [0.15, 0.2) is 0 Å². The number of nitrogens with one attached hydrogen (secondary N) is 1. The second-order valence-corrected chi connectivity index (χ2v) is 6.09. The smallest absolute Gasteiger partial charge is 0.330 e. The van der Waals surface area contributed by atoms with Crippen LogP contribution in [0.4, 0.5) is 0 Å². The van der Waals surface area contributed by atoms with Gasteiger partial charge < -0.3 is 4.74 Å². The van der Waals surface area contributed by atoms with Crippen molar-refractivity contribution in [2.75, 3.05) is 6.61 Å². The summed E-state index contributed by atoms with van der Waals surface area (Å²) in [5, 5.41) is 0.486. The summed E-state index contributed by atoms with van der Waals surface area (Å²) in [5.41, 5.74) is 2.84. The van der Waals surface area contributed by atoms with Crippen LogP contribution in [0.2, 0.25) is 0 Å². The number of nitrogens with zero attached hydrogens (tertiary/aromatic N) is 1. The van der Waals surface area contributed by atoms with Crippen molar-refractivity contribution in [1.82, 2.24) is 9.55 Å². The van der Waals surface area contributed by atoms with Crippen molar-refractivity contribution in [1.29, 1.82) is 0 Å². The predicted octanol–water partition coefficient (Wildman–Crippen LogP) is 3.08. The van der Waals surface area contributed by atoms with E-state index in [1.165, 1.54) is 4.57 Å². The maximum Gasteiger partial charge on any atom is 0.330 e. The summed E-state index contributed by atoms with van der Waals surface area (Å²) < 4.78 is 7.12. The van der Waals surface area contributed by atoms with E-state index < -0.39 is 5.69 Å². The fourth-order valence-electron chi connectivity index (χ4n) is 2.71. The zero-order valence-corrected chi connectivity index (χ0v) is 14.3. The summed E-state index contributed by atoms with van der Waals surface area (Å²) >= 11 is 0. The minimum atomic E-state index is -0.467. The third-order valence-corrected chi connectivity index (χ3v) is 3.92. The third-order valence-electron chi connectivity index (χ3n) is 3.92. The van der Waals surface area contributed by atoms with E-state index in [2.05, 4.69) is 4.98 Å². The number of benzene rings is 2. The van der Waals surface area contributed by atoms with Gasteiger partial charge in [0.25, 0.3) is 5.56 Å². The van der Waals surface area contributed by atoms with E-state index in [1.807, 2.05) is 56.3 Å². The zero-order valence-electron chi connectivity index (χ0n) is 14.3. The first-order chi connectivity index (χ1) is 12.0. The molecule has 0 aliphatic carbocycles. The number of rotatable bonds is 5. The fraction of sp³-hybridized carbons (Fsp3) is 0.200. The first-order valence-electron chi connectivity index (χ1n) is 8.08. The number of aromatic nitrogens is 2. The highest BCUT2D eigenvalue weighted by Gasteiger charge is 2.07. The monoisotopic (exact) mass is 336 g/mol. The summed E-state index contributed by atoms with van der Waals surface area (Å²) in [6.07, 6.45) is 2.04. The van der Waals surface area contributed by atoms with Gasteiger partial charge in [-0.3, -0.25) is 14.3 Å². The molecule has 0 unspecified atom stereocenters. The van der Waals surface area contributed by atoms with E-state index in [9.17, 15) is 9.59 Å². The number of H-pyrrole nitrogens is 1. The van der Waals surface area contributed by atoms with Crippen LogP contribution in [-0.4, -0.2) is 16.2 Å². The normalized spacial score (nSPS) is 11.8. The molecule has 0 spiro atoms. The maximum absolute atomic E-state index is 12.1. The Balaban J connectivity index is 1.79. The zero-order chi connectivity index (χ0) is 17.8. The quantitative estimate of drug-likeness (QED) is 0.779. The largest absolute Gasteiger partial charge is 0.356 e. The highest BCUT2D eigenvalue weighted by molar-refractivity contribution is 5.78. The van der Waals surface area contributed by atoms with Gasteiger partial charge in [0.1, 0.15) is 6.73 Å². The Bertz CT molecular complexity index is 1030. The van der Waals surface area contributed by atoms with Gasteiger partial charge in [-0.05, 0) is 37.1 Å². The van der Waals surface area contributed by atoms with Gasteiger partial charge in [-0.15, -0.1) is 0 Å². The Morgan fingerprint density at radius 1 is 1.16 bits per heavy atom. The van der Waals surface area contributed by atoms with Crippen molar-refractivity contribution >= 4 is 17.0 Å². The molecule has 2 aromatic carbocycles. The molecule has 3 aromatic rings. The maximum atomic E-state index is 12.1. The van der Waals surface area contributed by atoms with Crippen molar-refractivity contribution in [3.05, 3.63) is 86.1 Å². The standard InChI is InChI=1S/C20H20N2O3/c1-14-8-9-18-17(11-14)19(23)21-20(24)22(18)13-25-12-15(2)10-16-6-4-3-5-7-16/h3-11H,12-13H2,1-2H3,(H,21,23,24)/b15-10+. The number of ether oxygens (including phenoxy) is 1. The number of fused-ring (bicyclic) bond motifs is 1. The summed E-state index contributed by atoms with van der Waals surface area (Å²) in [4.78, 5) is 26.4. The minimum Gasteiger partial charge on any atom is -0.356 e. The summed E-state index contributed by atoms with van der Waals surface area (Å²) in [6, 6.07) is 15.4. The summed E-state index contributed by atoms with van der Waals surface area (Å²) in [5.74, 6) is 0. The molecule has 25 heavy (non-hydrogen) atoms. The third kappa shape index (κ3) is 3.95. The molecule has 0 saturated carbocycles. The van der Waals surface area contributed by atoms with Crippen LogP contribution in [-0.2, 0) is 11.5 Å². The van der Waals surface area contributed by atoms with Gasteiger partial charge in [-0.1, -0.05) is 48.0 Å². The van der Waals surface area contributed by atoms with E-state index in [0.717, 1.165) is 16.7 Å². The lowest BCUT2D eigenvalue weighted by Gasteiger charge is -2.11. The van der Waals surface area contributed by atoms with Gasteiger partial charge in [0.05, 0.1) is 17.5 Å². The lowest BCUT2D eigenvalue weighted by molar-refractivity contribution is 0.0952. The lowest BCUT2D eigenvalue weighted by atomic mass is 10.1. The molecule has 0 atom stereocenters. The Hall–Kier alpha value is -2.92. The molecule has 3 rings (SSSR count). The number of aryl methyl sites for hydroxylation is 1. The first kappa shape index (κ1) is 16.9. The molecule has 0 fully saturated rings. The van der Waals surface area contributed by atoms with Crippen LogP contribution in [0.25, 0.3) is 17.0 Å². The number of hydrogen-bond acceptors (Lipinski definition) is 3. The first-order valence-corrected chi connectivity index (χ1v) is 8.08. The predicted molar refractivity (Wildman–Crippen MR) is 99.6 cm³/mol. The molecule has 0 aliphatic heterocycles. The molecule has 0 radical (unpaired) electrons. The van der Waals surface area contributed by atoms with Gasteiger partial charge in [0.2, 0.25) is 0 Å². The average molecular weight is 336 g/mol. The second-order valence-electron chi connectivity index (χ2n) is 6.09. The van der Waals surface area contributed by atoms with E-state index in [-0.39, 0.29) is 12.3 Å². The Morgan fingerprint density at radius 3 is 2.68 bits per heavy atom. The van der Waals surface area contributed by atoms with Gasteiger partial charge in [0, 0.05) is 0 Å². The van der Waals surface area contributed by atoms with Crippen LogP contribution in [0.5, 0.6) is 0 Å². The minimum absolute atomic E-state index is 0.0785. The SMILES string of the molecule is C/C(=C\c1ccccc1)COCn1c(=O)[nH]c(=O)c2cc(C)ccc21. The van der Waals surface area contributed by atoms with Crippen LogP contribution >= 0.6 is 0 Å². The van der Waals surface area contributed by atoms with Gasteiger partial charge in [-0.25, -0.2) is 4.79 Å². The molecule has 0 amide bonds. The van der Waals surface area contributed by atoms with E-state index >= 15 is 0 Å². The Kier molecular flexibility index (Phi) is 4.95. The van der Waals surface area contributed by atoms with Crippen LogP contribution in [0.1, 0.15) is 18.1 Å². The van der Waals surface area contributed by atoms with E-state index in [0.29, 0.717) is 17.5 Å². The molecule has 1 aromatic heterocycles. The average Bonchev–Trinajstić information content (AvgIpc) is 2.59. The van der Waals surface area contributed by atoms with E-state index in [4.69, 9.17) is 4.74 Å². The van der Waals surface area contributed by atoms with Crippen LogP contribution < -0.4 is 11.2 Å². The fourth-order valence-corrected chi connectivity index (χ4v) is 2.71. The van der Waals surface area contributed by atoms with E-state index in [1.54, 1.807) is 12.1 Å². The molecular formula is C20H20N2O3. The van der Waals surface area contributed by atoms with Crippen molar-refractivity contribution in [2.24, 2.45) is 0 Å². The van der Waals surface area contributed by atoms with Crippen LogP contribution in [0.15, 0.2) is 63.7 Å². The topological polar surface area (TPSA) is 64.1 Å². The second kappa shape index (κ2) is 7.32. The Morgan fingerprint density at radius 2 is 1.92 bits per heavy atom. The summed E-state index contributed by atoms with van der Waals surface area (Å²) in [7, 11) is 0. The molecule has 5 nitrogen and oxygen atoms in total. The van der Waals surface area contributed by atoms with Crippen LogP contribution in [0.3, 0.4) is 0 Å². The molecular weight excluding hydrogens is 316 g/mol. The lowest BCUT2D eigenvalue weighted by Crippen LogP contribution is -2.31. The van der Waals surface area contributed by atoms with Gasteiger partial charge in [-0.2, -0.15) is 0 Å². The number of hydrogen-bond donors (Lipinski definition) is 1. The van der Waals surface area contributed by atoms with Crippen molar-refractivity contribution in [3.8, 4) is 0 Å². The van der Waals surface area contributed by atoms with Crippen molar-refractivity contribution < 1.29 is 4.74 Å². The molecule has 0 aliphatic rings. The number of aromatic amines is 1. The highest BCUT2D eigenvalue weighted by Crippen LogP contribution is 2.11. The van der Waals surface area contributed by atoms with Crippen molar-refractivity contribution in [2.45, 2.75) is 20.6 Å². The highest BCUT2D eigenvalue weighted by atomic mass is 16.5. The molecule has 128 valence electrons. The molecule has 1 N–H and O–H groups in total. The van der Waals surface area contributed by atoms with Crippen molar-refractivity contribution in [3.63, 3.8) is 0 Å². The van der Waals surface area contributed by atoms with Gasteiger partial charge >= 0.3 is 5.69 Å². The Labute approximate surface area is 145 Å². The molecule has 0 bridgehead atoms. The molecule has 1 heterocycles. The molecule has 5 heteroatoms. The summed E-state index contributed by atoms with van der Waals surface area (Å²) in [6.45, 7) is 4.36. The molecule has 0 saturated heterocycles.